The molecule has 0 aliphatic carbocycles. The zero-order valence-corrected chi connectivity index (χ0v) is 11.5. The normalized spacial score (nSPS) is 10.3. The van der Waals surface area contributed by atoms with E-state index in [0.717, 1.165) is 5.56 Å². The Morgan fingerprint density at radius 3 is 2.60 bits per heavy atom. The topological polar surface area (TPSA) is 72.0 Å². The lowest BCUT2D eigenvalue weighted by Gasteiger charge is -2.07. The van der Waals surface area contributed by atoms with Crippen molar-refractivity contribution in [2.75, 3.05) is 7.11 Å². The van der Waals surface area contributed by atoms with Gasteiger partial charge in [-0.1, -0.05) is 30.3 Å². The smallest absolute Gasteiger partial charge is 0.305 e. The fourth-order valence-electron chi connectivity index (χ4n) is 1.97. The van der Waals surface area contributed by atoms with Gasteiger partial charge in [0.1, 0.15) is 5.82 Å². The van der Waals surface area contributed by atoms with E-state index in [1.807, 2.05) is 30.3 Å². The molecule has 104 valence electrons. The Morgan fingerprint density at radius 2 is 2.00 bits per heavy atom. The monoisotopic (exact) mass is 272 g/mol. The number of ether oxygens (including phenoxy) is 1. The number of nitrogens with zero attached hydrogens (tertiary/aromatic N) is 1. The van der Waals surface area contributed by atoms with E-state index in [4.69, 9.17) is 0 Å². The molecular weight excluding hydrogens is 256 g/mol. The molecule has 0 radical (unpaired) electrons. The van der Waals surface area contributed by atoms with E-state index in [1.54, 1.807) is 6.92 Å². The highest BCUT2D eigenvalue weighted by Crippen LogP contribution is 2.14. The first-order valence-corrected chi connectivity index (χ1v) is 6.34. The predicted octanol–water partition coefficient (Wildman–Crippen LogP) is 1.85. The molecule has 0 saturated heterocycles. The molecule has 0 saturated carbocycles. The molecule has 0 fully saturated rings. The number of methoxy groups -OCH3 is 1. The fraction of sp³-hybridized carbons (Fsp3) is 0.267. The number of rotatable bonds is 4. The lowest BCUT2D eigenvalue weighted by Crippen LogP contribution is -2.18. The Balaban J connectivity index is 2.30. The van der Waals surface area contributed by atoms with Crippen LogP contribution < -0.4 is 5.56 Å². The molecule has 2 aromatic rings. The van der Waals surface area contributed by atoms with Gasteiger partial charge in [0.15, 0.2) is 0 Å². The van der Waals surface area contributed by atoms with Crippen molar-refractivity contribution in [2.24, 2.45) is 0 Å². The fourth-order valence-corrected chi connectivity index (χ4v) is 1.97. The summed E-state index contributed by atoms with van der Waals surface area (Å²) in [5.74, 6) is 0.200. The van der Waals surface area contributed by atoms with Crippen LogP contribution in [0.5, 0.6) is 0 Å². The van der Waals surface area contributed by atoms with Gasteiger partial charge in [0, 0.05) is 23.2 Å². The summed E-state index contributed by atoms with van der Waals surface area (Å²) in [5, 5.41) is 0. The summed E-state index contributed by atoms with van der Waals surface area (Å²) in [4.78, 5) is 30.4. The molecule has 1 heterocycles. The summed E-state index contributed by atoms with van der Waals surface area (Å²) in [6, 6.07) is 9.43. The van der Waals surface area contributed by atoms with Gasteiger partial charge in [-0.15, -0.1) is 0 Å². The van der Waals surface area contributed by atoms with Gasteiger partial charge in [0.25, 0.3) is 5.56 Å². The standard InChI is InChI=1S/C15H16N2O3/c1-10-12(8-9-13(18)20-2)15(19)17-14(16-10)11-6-4-3-5-7-11/h3-7H,8-9H2,1-2H3,(H,16,17,19). The van der Waals surface area contributed by atoms with Crippen LogP contribution in [0.15, 0.2) is 35.1 Å². The number of aromatic amines is 1. The molecule has 1 aromatic carbocycles. The van der Waals surface area contributed by atoms with Crippen LogP contribution in [-0.2, 0) is 16.0 Å². The first-order chi connectivity index (χ1) is 9.61. The molecule has 0 unspecified atom stereocenters. The Labute approximate surface area is 116 Å². The van der Waals surface area contributed by atoms with E-state index < -0.39 is 0 Å². The summed E-state index contributed by atoms with van der Waals surface area (Å²) in [6.45, 7) is 1.77. The van der Waals surface area contributed by atoms with Crippen molar-refractivity contribution in [3.8, 4) is 11.4 Å². The third-order valence-corrected chi connectivity index (χ3v) is 3.08. The van der Waals surface area contributed by atoms with Crippen molar-refractivity contribution in [1.82, 2.24) is 9.97 Å². The summed E-state index contributed by atoms with van der Waals surface area (Å²) >= 11 is 0. The molecule has 2 rings (SSSR count). The SMILES string of the molecule is COC(=O)CCc1c(C)nc(-c2ccccc2)[nH]c1=O. The lowest BCUT2D eigenvalue weighted by atomic mass is 10.1. The average Bonchev–Trinajstić information content (AvgIpc) is 2.46. The van der Waals surface area contributed by atoms with Gasteiger partial charge in [-0.05, 0) is 13.3 Å². The zero-order valence-electron chi connectivity index (χ0n) is 11.5. The minimum absolute atomic E-state index is 0.173. The molecule has 0 bridgehead atoms. The van der Waals surface area contributed by atoms with Crippen molar-refractivity contribution in [3.05, 3.63) is 51.9 Å². The Kier molecular flexibility index (Phi) is 4.30. The number of hydrogen-bond acceptors (Lipinski definition) is 4. The van der Waals surface area contributed by atoms with Gasteiger partial charge in [0.2, 0.25) is 0 Å². The number of carbonyl (C=O) groups is 1. The zero-order chi connectivity index (χ0) is 14.5. The maximum absolute atomic E-state index is 12.1. The van der Waals surface area contributed by atoms with Crippen LogP contribution >= 0.6 is 0 Å². The van der Waals surface area contributed by atoms with E-state index in [2.05, 4.69) is 14.7 Å². The number of esters is 1. The number of carbonyl (C=O) groups excluding carboxylic acids is 1. The quantitative estimate of drug-likeness (QED) is 0.862. The van der Waals surface area contributed by atoms with Crippen LogP contribution in [0.2, 0.25) is 0 Å². The number of nitrogens with one attached hydrogen (secondary N) is 1. The van der Waals surface area contributed by atoms with E-state index in [0.29, 0.717) is 23.5 Å². The second kappa shape index (κ2) is 6.14. The number of H-pyrrole nitrogens is 1. The first-order valence-electron chi connectivity index (χ1n) is 6.34. The molecule has 0 atom stereocenters. The highest BCUT2D eigenvalue weighted by molar-refractivity contribution is 5.69. The van der Waals surface area contributed by atoms with Crippen LogP contribution in [0.3, 0.4) is 0 Å². The summed E-state index contributed by atoms with van der Waals surface area (Å²) in [5.41, 5.74) is 1.80. The maximum atomic E-state index is 12.1. The number of aromatic nitrogens is 2. The molecule has 0 aliphatic rings. The van der Waals surface area contributed by atoms with Crippen molar-refractivity contribution >= 4 is 5.97 Å². The molecule has 0 amide bonds. The van der Waals surface area contributed by atoms with E-state index in [-0.39, 0.29) is 17.9 Å². The van der Waals surface area contributed by atoms with Crippen molar-refractivity contribution in [3.63, 3.8) is 0 Å². The van der Waals surface area contributed by atoms with Crippen LogP contribution in [-0.4, -0.2) is 23.0 Å². The number of benzene rings is 1. The Morgan fingerprint density at radius 1 is 1.30 bits per heavy atom. The highest BCUT2D eigenvalue weighted by atomic mass is 16.5. The van der Waals surface area contributed by atoms with Crippen molar-refractivity contribution in [1.29, 1.82) is 0 Å². The van der Waals surface area contributed by atoms with E-state index in [9.17, 15) is 9.59 Å². The van der Waals surface area contributed by atoms with Crippen LogP contribution in [0, 0.1) is 6.92 Å². The number of hydrogen-bond donors (Lipinski definition) is 1. The van der Waals surface area contributed by atoms with Gasteiger partial charge in [0.05, 0.1) is 7.11 Å². The maximum Gasteiger partial charge on any atom is 0.305 e. The minimum atomic E-state index is -0.337. The molecule has 1 aromatic heterocycles. The van der Waals surface area contributed by atoms with E-state index in [1.165, 1.54) is 7.11 Å². The van der Waals surface area contributed by atoms with Gasteiger partial charge in [-0.2, -0.15) is 0 Å². The number of aryl methyl sites for hydroxylation is 1. The van der Waals surface area contributed by atoms with Gasteiger partial charge < -0.3 is 9.72 Å². The van der Waals surface area contributed by atoms with Crippen molar-refractivity contribution < 1.29 is 9.53 Å². The van der Waals surface area contributed by atoms with Crippen LogP contribution in [0.4, 0.5) is 0 Å². The second-order valence-electron chi connectivity index (χ2n) is 4.42. The first kappa shape index (κ1) is 14.0. The predicted molar refractivity (Wildman–Crippen MR) is 75.4 cm³/mol. The molecule has 0 spiro atoms. The molecule has 5 heteroatoms. The summed E-state index contributed by atoms with van der Waals surface area (Å²) in [6.07, 6.45) is 0.503. The average molecular weight is 272 g/mol. The van der Waals surface area contributed by atoms with Gasteiger partial charge in [-0.3, -0.25) is 9.59 Å². The summed E-state index contributed by atoms with van der Waals surface area (Å²) in [7, 11) is 1.33. The lowest BCUT2D eigenvalue weighted by molar-refractivity contribution is -0.140. The molecule has 0 aliphatic heterocycles. The Bertz CT molecular complexity index is 663. The minimum Gasteiger partial charge on any atom is -0.469 e. The highest BCUT2D eigenvalue weighted by Gasteiger charge is 2.11. The second-order valence-corrected chi connectivity index (χ2v) is 4.42. The third kappa shape index (κ3) is 3.12. The molecule has 1 N–H and O–H groups in total. The van der Waals surface area contributed by atoms with Crippen molar-refractivity contribution in [2.45, 2.75) is 19.8 Å². The largest absolute Gasteiger partial charge is 0.469 e. The van der Waals surface area contributed by atoms with Crippen LogP contribution in [0.1, 0.15) is 17.7 Å². The third-order valence-electron chi connectivity index (χ3n) is 3.08. The van der Waals surface area contributed by atoms with E-state index >= 15 is 0 Å². The molecular formula is C15H16N2O3. The van der Waals surface area contributed by atoms with Gasteiger partial charge in [-0.25, -0.2) is 4.98 Å². The van der Waals surface area contributed by atoms with Gasteiger partial charge >= 0.3 is 5.97 Å². The van der Waals surface area contributed by atoms with Crippen LogP contribution in [0.25, 0.3) is 11.4 Å². The molecule has 5 nitrogen and oxygen atoms in total. The Hall–Kier alpha value is -2.43. The molecule has 20 heavy (non-hydrogen) atoms. The summed E-state index contributed by atoms with van der Waals surface area (Å²) < 4.78 is 4.57.